The van der Waals surface area contributed by atoms with Crippen LogP contribution in [-0.4, -0.2) is 50.9 Å². The monoisotopic (exact) mass is 687 g/mol. The van der Waals surface area contributed by atoms with Gasteiger partial charge in [-0.05, 0) is 61.2 Å². The van der Waals surface area contributed by atoms with Gasteiger partial charge in [0.25, 0.3) is 10.0 Å². The summed E-state index contributed by atoms with van der Waals surface area (Å²) >= 11 is 6.38. The van der Waals surface area contributed by atoms with E-state index in [1.54, 1.807) is 30.3 Å². The summed E-state index contributed by atoms with van der Waals surface area (Å²) in [5, 5.41) is 3.51. The molecule has 0 heterocycles. The molecule has 0 bridgehead atoms. The molecule has 1 N–H and O–H groups in total. The highest BCUT2D eigenvalue weighted by atomic mass is 35.5. The number of halogens is 1. The third-order valence-electron chi connectivity index (χ3n) is 8.68. The number of amides is 2. The maximum atomic E-state index is 14.8. The van der Waals surface area contributed by atoms with E-state index in [1.807, 2.05) is 61.5 Å². The Labute approximate surface area is 288 Å². The summed E-state index contributed by atoms with van der Waals surface area (Å²) in [5.41, 5.74) is 2.82. The number of carbonyl (C=O) groups excluding carboxylic acids is 2. The molecule has 4 aromatic carbocycles. The lowest BCUT2D eigenvalue weighted by molar-refractivity contribution is -0.140. The zero-order chi connectivity index (χ0) is 34.1. The topological polar surface area (TPSA) is 96.0 Å². The Bertz CT molecular complexity index is 1800. The van der Waals surface area contributed by atoms with Crippen molar-refractivity contribution in [1.82, 2.24) is 10.2 Å². The summed E-state index contributed by atoms with van der Waals surface area (Å²) < 4.78 is 35.2. The van der Waals surface area contributed by atoms with Gasteiger partial charge in [-0.15, -0.1) is 0 Å². The molecule has 1 atom stereocenters. The maximum absolute atomic E-state index is 14.8. The molecular weight excluding hydrogens is 646 g/mol. The first kappa shape index (κ1) is 35.0. The van der Waals surface area contributed by atoms with Crippen LogP contribution in [0.3, 0.4) is 0 Å². The predicted molar refractivity (Wildman–Crippen MR) is 190 cm³/mol. The fraction of sp³-hybridized carbons (Fsp3) is 0.316. The molecule has 48 heavy (non-hydrogen) atoms. The number of hydrogen-bond acceptors (Lipinski definition) is 5. The second kappa shape index (κ2) is 16.2. The molecule has 0 radical (unpaired) electrons. The van der Waals surface area contributed by atoms with Gasteiger partial charge in [0.05, 0.1) is 17.7 Å². The fourth-order valence-electron chi connectivity index (χ4n) is 6.20. The Morgan fingerprint density at radius 3 is 2.21 bits per heavy atom. The molecule has 10 heteroatoms. The standard InChI is InChI=1S/C38H42ClN3O5S/c1-28-13-12-16-30(23-28)26-41(35(24-29-14-6-3-7-15-29)38(44)40-32-17-8-4-9-18-32)37(43)27-42(34-25-31(39)21-22-36(34)47-2)48(45,46)33-19-10-5-11-20-33/h3,5-7,10-16,19-23,25,32,35H,4,8-9,17-18,24,26-27H2,1-2H3,(H,40,44). The van der Waals surface area contributed by atoms with Crippen molar-refractivity contribution in [3.63, 3.8) is 0 Å². The summed E-state index contributed by atoms with van der Waals surface area (Å²) in [6.45, 7) is 1.47. The summed E-state index contributed by atoms with van der Waals surface area (Å²) in [6.07, 6.45) is 5.22. The Balaban J connectivity index is 1.60. The highest BCUT2D eigenvalue weighted by molar-refractivity contribution is 7.92. The number of hydrogen-bond donors (Lipinski definition) is 1. The van der Waals surface area contributed by atoms with Crippen molar-refractivity contribution in [3.8, 4) is 5.75 Å². The van der Waals surface area contributed by atoms with Crippen molar-refractivity contribution in [2.75, 3.05) is 18.0 Å². The van der Waals surface area contributed by atoms with Gasteiger partial charge in [0, 0.05) is 24.0 Å². The molecule has 0 spiro atoms. The number of nitrogens with zero attached hydrogens (tertiary/aromatic N) is 2. The number of carbonyl (C=O) groups is 2. The number of ether oxygens (including phenoxy) is 1. The molecule has 1 unspecified atom stereocenters. The van der Waals surface area contributed by atoms with E-state index in [2.05, 4.69) is 5.32 Å². The van der Waals surface area contributed by atoms with Gasteiger partial charge in [-0.1, -0.05) is 109 Å². The van der Waals surface area contributed by atoms with Crippen LogP contribution >= 0.6 is 11.6 Å². The van der Waals surface area contributed by atoms with Gasteiger partial charge >= 0.3 is 0 Å². The van der Waals surface area contributed by atoms with Crippen LogP contribution in [0.15, 0.2) is 108 Å². The molecule has 1 aliphatic carbocycles. The molecule has 2 amide bonds. The fourth-order valence-corrected chi connectivity index (χ4v) is 7.80. The highest BCUT2D eigenvalue weighted by Gasteiger charge is 2.36. The van der Waals surface area contributed by atoms with E-state index in [0.29, 0.717) is 0 Å². The summed E-state index contributed by atoms with van der Waals surface area (Å²) in [5.74, 6) is -0.574. The second-order valence-corrected chi connectivity index (χ2v) is 14.5. The van der Waals surface area contributed by atoms with Gasteiger partial charge in [0.2, 0.25) is 11.8 Å². The lowest BCUT2D eigenvalue weighted by Gasteiger charge is -2.35. The lowest BCUT2D eigenvalue weighted by Crippen LogP contribution is -2.55. The molecule has 1 saturated carbocycles. The van der Waals surface area contributed by atoms with E-state index in [1.165, 1.54) is 30.2 Å². The minimum Gasteiger partial charge on any atom is -0.495 e. The van der Waals surface area contributed by atoms with Crippen molar-refractivity contribution >= 4 is 39.1 Å². The molecule has 0 aliphatic heterocycles. The predicted octanol–water partition coefficient (Wildman–Crippen LogP) is 6.94. The van der Waals surface area contributed by atoms with Gasteiger partial charge in [-0.3, -0.25) is 13.9 Å². The van der Waals surface area contributed by atoms with E-state index in [9.17, 15) is 18.0 Å². The van der Waals surface area contributed by atoms with Crippen LogP contribution in [0.2, 0.25) is 5.02 Å². The number of benzene rings is 4. The third-order valence-corrected chi connectivity index (χ3v) is 10.7. The Morgan fingerprint density at radius 2 is 1.54 bits per heavy atom. The first-order chi connectivity index (χ1) is 23.2. The first-order valence-electron chi connectivity index (χ1n) is 16.3. The van der Waals surface area contributed by atoms with E-state index in [0.717, 1.165) is 53.1 Å². The lowest BCUT2D eigenvalue weighted by atomic mass is 9.94. The minimum atomic E-state index is -4.29. The van der Waals surface area contributed by atoms with Gasteiger partial charge < -0.3 is 15.0 Å². The number of nitrogens with one attached hydrogen (secondary N) is 1. The van der Waals surface area contributed by atoms with Gasteiger partial charge in [-0.2, -0.15) is 0 Å². The molecule has 0 saturated heterocycles. The molecule has 0 aromatic heterocycles. The van der Waals surface area contributed by atoms with E-state index >= 15 is 0 Å². The van der Waals surface area contributed by atoms with Crippen LogP contribution in [0.5, 0.6) is 5.75 Å². The summed E-state index contributed by atoms with van der Waals surface area (Å²) in [7, 11) is -2.86. The van der Waals surface area contributed by atoms with Gasteiger partial charge in [0.1, 0.15) is 18.3 Å². The maximum Gasteiger partial charge on any atom is 0.264 e. The van der Waals surface area contributed by atoms with E-state index in [-0.39, 0.29) is 46.3 Å². The van der Waals surface area contributed by atoms with Gasteiger partial charge in [0.15, 0.2) is 0 Å². The van der Waals surface area contributed by atoms with Crippen LogP contribution < -0.4 is 14.4 Å². The molecule has 1 aliphatic rings. The molecule has 8 nitrogen and oxygen atoms in total. The first-order valence-corrected chi connectivity index (χ1v) is 18.1. The van der Waals surface area contributed by atoms with Crippen molar-refractivity contribution < 1.29 is 22.7 Å². The SMILES string of the molecule is COc1ccc(Cl)cc1N(CC(=O)N(Cc1cccc(C)c1)C(Cc1ccccc1)C(=O)NC1CCCCC1)S(=O)(=O)c1ccccc1. The van der Waals surface area contributed by atoms with Crippen molar-refractivity contribution in [1.29, 1.82) is 0 Å². The summed E-state index contributed by atoms with van der Waals surface area (Å²) in [6, 6.07) is 29.0. The summed E-state index contributed by atoms with van der Waals surface area (Å²) in [4.78, 5) is 30.6. The number of sulfonamides is 1. The molecule has 5 rings (SSSR count). The van der Waals surface area contributed by atoms with Crippen LogP contribution in [-0.2, 0) is 32.6 Å². The number of methoxy groups -OCH3 is 1. The van der Waals surface area contributed by atoms with Gasteiger partial charge in [-0.25, -0.2) is 8.42 Å². The Morgan fingerprint density at radius 1 is 0.875 bits per heavy atom. The average Bonchev–Trinajstić information content (AvgIpc) is 3.09. The highest BCUT2D eigenvalue weighted by Crippen LogP contribution is 2.35. The molecule has 1 fully saturated rings. The molecule has 252 valence electrons. The third kappa shape index (κ3) is 8.76. The second-order valence-electron chi connectivity index (χ2n) is 12.2. The number of aryl methyl sites for hydroxylation is 1. The van der Waals surface area contributed by atoms with Crippen LogP contribution in [0.25, 0.3) is 0 Å². The van der Waals surface area contributed by atoms with Crippen LogP contribution in [0.1, 0.15) is 48.8 Å². The Hall–Kier alpha value is -4.34. The Kier molecular flexibility index (Phi) is 11.8. The normalized spacial score (nSPS) is 14.1. The van der Waals surface area contributed by atoms with Crippen molar-refractivity contribution in [2.24, 2.45) is 0 Å². The van der Waals surface area contributed by atoms with E-state index in [4.69, 9.17) is 16.3 Å². The quantitative estimate of drug-likeness (QED) is 0.164. The number of anilines is 1. The van der Waals surface area contributed by atoms with Crippen LogP contribution in [0, 0.1) is 6.92 Å². The number of rotatable bonds is 13. The van der Waals surface area contributed by atoms with Crippen molar-refractivity contribution in [2.45, 2.75) is 69.0 Å². The largest absolute Gasteiger partial charge is 0.495 e. The molecule has 4 aromatic rings. The average molecular weight is 688 g/mol. The van der Waals surface area contributed by atoms with Crippen molar-refractivity contribution in [3.05, 3.63) is 125 Å². The van der Waals surface area contributed by atoms with E-state index < -0.39 is 28.5 Å². The zero-order valence-electron chi connectivity index (χ0n) is 27.3. The smallest absolute Gasteiger partial charge is 0.264 e. The molecular formula is C38H42ClN3O5S. The van der Waals surface area contributed by atoms with Crippen LogP contribution in [0.4, 0.5) is 5.69 Å². The minimum absolute atomic E-state index is 0.000870. The zero-order valence-corrected chi connectivity index (χ0v) is 28.9.